The van der Waals surface area contributed by atoms with Gasteiger partial charge in [-0.1, -0.05) is 0 Å². The lowest BCUT2D eigenvalue weighted by Crippen LogP contribution is -2.17. The first-order valence-corrected chi connectivity index (χ1v) is 7.53. The van der Waals surface area contributed by atoms with E-state index in [1.165, 1.54) is 25.7 Å². The van der Waals surface area contributed by atoms with E-state index in [0.29, 0.717) is 5.41 Å². The van der Waals surface area contributed by atoms with Crippen LogP contribution in [0.1, 0.15) is 44.5 Å². The lowest BCUT2D eigenvalue weighted by Gasteiger charge is -2.18. The molecule has 2 saturated carbocycles. The summed E-state index contributed by atoms with van der Waals surface area (Å²) in [6.45, 7) is 2.79. The Morgan fingerprint density at radius 2 is 2.20 bits per heavy atom. The van der Waals surface area contributed by atoms with Crippen LogP contribution in [0, 0.1) is 11.3 Å². The molecule has 1 atom stereocenters. The molecule has 4 heteroatoms. The van der Waals surface area contributed by atoms with Gasteiger partial charge >= 0.3 is 0 Å². The first kappa shape index (κ1) is 12.2. The molecule has 106 valence electrons. The molecule has 20 heavy (non-hydrogen) atoms. The second kappa shape index (κ2) is 3.98. The van der Waals surface area contributed by atoms with Crippen LogP contribution >= 0.6 is 0 Å². The van der Waals surface area contributed by atoms with Gasteiger partial charge in [-0.15, -0.1) is 0 Å². The Kier molecular flexibility index (Phi) is 2.43. The fourth-order valence-corrected chi connectivity index (χ4v) is 3.52. The van der Waals surface area contributed by atoms with E-state index in [-0.39, 0.29) is 0 Å². The van der Waals surface area contributed by atoms with E-state index in [9.17, 15) is 5.11 Å². The molecule has 1 unspecified atom stereocenters. The summed E-state index contributed by atoms with van der Waals surface area (Å²) in [6.07, 6.45) is 4.86. The molecule has 3 N–H and O–H groups in total. The van der Waals surface area contributed by atoms with E-state index in [1.807, 2.05) is 18.2 Å². The maximum absolute atomic E-state index is 10.0. The molecule has 0 radical (unpaired) electrons. The Bertz CT molecular complexity index is 666. The van der Waals surface area contributed by atoms with Crippen molar-refractivity contribution in [2.75, 3.05) is 5.73 Å². The second-order valence-electron chi connectivity index (χ2n) is 6.62. The Morgan fingerprint density at radius 3 is 2.80 bits per heavy atom. The summed E-state index contributed by atoms with van der Waals surface area (Å²) in [6, 6.07) is 5.85. The Balaban J connectivity index is 1.81. The number of nitrogens with two attached hydrogens (primary N) is 1. The zero-order chi connectivity index (χ0) is 13.9. The van der Waals surface area contributed by atoms with Crippen molar-refractivity contribution in [1.82, 2.24) is 9.55 Å². The lowest BCUT2D eigenvalue weighted by molar-refractivity contribution is 0.181. The minimum absolute atomic E-state index is 0.485. The fraction of sp³-hybridized carbons (Fsp3) is 0.562. The predicted octanol–water partition coefficient (Wildman–Crippen LogP) is 2.86. The number of imidazole rings is 1. The summed E-state index contributed by atoms with van der Waals surface area (Å²) in [5.74, 6) is 1.67. The molecule has 0 saturated heterocycles. The molecular weight excluding hydrogens is 250 g/mol. The molecule has 2 aromatic rings. The number of nitrogens with zero attached hydrogens (tertiary/aromatic N) is 2. The third kappa shape index (κ3) is 1.82. The average Bonchev–Trinajstić information content (AvgIpc) is 3.27. The van der Waals surface area contributed by atoms with Crippen molar-refractivity contribution >= 4 is 16.7 Å². The van der Waals surface area contributed by atoms with Crippen LogP contribution in [0.25, 0.3) is 11.0 Å². The molecular formula is C16H21N3O. The number of hydrogen-bond donors (Lipinski definition) is 2. The molecule has 2 fully saturated rings. The van der Waals surface area contributed by atoms with Crippen LogP contribution < -0.4 is 5.73 Å². The third-order valence-corrected chi connectivity index (χ3v) is 4.98. The molecule has 0 aliphatic heterocycles. The van der Waals surface area contributed by atoms with E-state index in [1.54, 1.807) is 6.92 Å². The van der Waals surface area contributed by atoms with Crippen LogP contribution in [0.2, 0.25) is 0 Å². The monoisotopic (exact) mass is 271 g/mol. The predicted molar refractivity (Wildman–Crippen MR) is 79.2 cm³/mol. The van der Waals surface area contributed by atoms with E-state index in [2.05, 4.69) is 9.55 Å². The largest absolute Gasteiger partial charge is 0.399 e. The maximum Gasteiger partial charge on any atom is 0.138 e. The molecule has 4 rings (SSSR count). The zero-order valence-corrected chi connectivity index (χ0v) is 11.8. The number of nitrogen functional groups attached to an aromatic ring is 1. The van der Waals surface area contributed by atoms with Crippen LogP contribution in [-0.4, -0.2) is 14.7 Å². The third-order valence-electron chi connectivity index (χ3n) is 4.98. The molecule has 2 aliphatic carbocycles. The van der Waals surface area contributed by atoms with Crippen molar-refractivity contribution in [1.29, 1.82) is 0 Å². The standard InChI is InChI=1S/C16H21N3O/c1-10(20)15-18-13-8-12(17)4-5-14(13)19(15)9-16(6-7-16)11-2-3-11/h4-5,8,10-11,20H,2-3,6-7,9,17H2,1H3. The van der Waals surface area contributed by atoms with E-state index >= 15 is 0 Å². The lowest BCUT2D eigenvalue weighted by atomic mass is 10.0. The van der Waals surface area contributed by atoms with Gasteiger partial charge in [-0.25, -0.2) is 4.98 Å². The second-order valence-corrected chi connectivity index (χ2v) is 6.62. The number of benzene rings is 1. The number of aliphatic hydroxyl groups is 1. The van der Waals surface area contributed by atoms with E-state index < -0.39 is 6.10 Å². The van der Waals surface area contributed by atoms with Gasteiger partial charge in [0, 0.05) is 12.2 Å². The summed E-state index contributed by atoms with van der Waals surface area (Å²) in [5, 5.41) is 10.0. The molecule has 4 nitrogen and oxygen atoms in total. The number of rotatable bonds is 4. The minimum Gasteiger partial charge on any atom is -0.399 e. The van der Waals surface area contributed by atoms with Crippen LogP contribution in [0.3, 0.4) is 0 Å². The summed E-state index contributed by atoms with van der Waals surface area (Å²) in [5.41, 5.74) is 9.05. The van der Waals surface area contributed by atoms with Gasteiger partial charge in [-0.05, 0) is 62.1 Å². The van der Waals surface area contributed by atoms with Gasteiger partial charge in [0.15, 0.2) is 0 Å². The van der Waals surface area contributed by atoms with Crippen molar-refractivity contribution in [3.05, 3.63) is 24.0 Å². The van der Waals surface area contributed by atoms with Crippen molar-refractivity contribution in [3.8, 4) is 0 Å². The van der Waals surface area contributed by atoms with Gasteiger partial charge in [0.25, 0.3) is 0 Å². The molecule has 0 amide bonds. The first-order valence-electron chi connectivity index (χ1n) is 7.53. The highest BCUT2D eigenvalue weighted by atomic mass is 16.3. The summed E-state index contributed by atoms with van der Waals surface area (Å²) < 4.78 is 2.23. The minimum atomic E-state index is -0.543. The normalized spacial score (nSPS) is 22.1. The van der Waals surface area contributed by atoms with Gasteiger partial charge in [0.05, 0.1) is 11.0 Å². The van der Waals surface area contributed by atoms with Crippen molar-refractivity contribution in [2.24, 2.45) is 11.3 Å². The molecule has 2 aliphatic rings. The first-order chi connectivity index (χ1) is 9.59. The average molecular weight is 271 g/mol. The molecule has 1 aromatic heterocycles. The van der Waals surface area contributed by atoms with Gasteiger partial charge in [0.2, 0.25) is 0 Å². The van der Waals surface area contributed by atoms with Gasteiger partial charge in [-0.3, -0.25) is 0 Å². The number of anilines is 1. The van der Waals surface area contributed by atoms with Crippen molar-refractivity contribution in [3.63, 3.8) is 0 Å². The Morgan fingerprint density at radius 1 is 1.45 bits per heavy atom. The van der Waals surface area contributed by atoms with E-state index in [0.717, 1.165) is 35.0 Å². The van der Waals surface area contributed by atoms with Crippen LogP contribution in [0.15, 0.2) is 18.2 Å². The SMILES string of the molecule is CC(O)c1nc2cc(N)ccc2n1CC1(C2CC2)CC1. The highest BCUT2D eigenvalue weighted by molar-refractivity contribution is 5.79. The topological polar surface area (TPSA) is 64.1 Å². The Labute approximate surface area is 118 Å². The number of aliphatic hydroxyl groups excluding tert-OH is 1. The Hall–Kier alpha value is -1.55. The highest BCUT2D eigenvalue weighted by Crippen LogP contribution is 2.62. The van der Waals surface area contributed by atoms with Crippen LogP contribution in [-0.2, 0) is 6.54 Å². The van der Waals surface area contributed by atoms with Crippen molar-refractivity contribution in [2.45, 2.75) is 45.3 Å². The summed E-state index contributed by atoms with van der Waals surface area (Å²) in [7, 11) is 0. The van der Waals surface area contributed by atoms with Gasteiger partial charge in [0.1, 0.15) is 11.9 Å². The van der Waals surface area contributed by atoms with E-state index in [4.69, 9.17) is 5.73 Å². The molecule has 0 bridgehead atoms. The highest BCUT2D eigenvalue weighted by Gasteiger charge is 2.54. The van der Waals surface area contributed by atoms with Crippen LogP contribution in [0.4, 0.5) is 5.69 Å². The fourth-order valence-electron chi connectivity index (χ4n) is 3.52. The summed E-state index contributed by atoms with van der Waals surface area (Å²) in [4.78, 5) is 4.60. The smallest absolute Gasteiger partial charge is 0.138 e. The van der Waals surface area contributed by atoms with Crippen molar-refractivity contribution < 1.29 is 5.11 Å². The number of aromatic nitrogens is 2. The van der Waals surface area contributed by atoms with Crippen LogP contribution in [0.5, 0.6) is 0 Å². The number of hydrogen-bond acceptors (Lipinski definition) is 3. The molecule has 0 spiro atoms. The number of fused-ring (bicyclic) bond motifs is 1. The summed E-state index contributed by atoms with van der Waals surface area (Å²) >= 11 is 0. The van der Waals surface area contributed by atoms with Gasteiger partial charge < -0.3 is 15.4 Å². The van der Waals surface area contributed by atoms with Gasteiger partial charge in [-0.2, -0.15) is 0 Å². The molecule has 1 aromatic carbocycles. The maximum atomic E-state index is 10.0. The quantitative estimate of drug-likeness (QED) is 0.840. The zero-order valence-electron chi connectivity index (χ0n) is 11.8. The molecule has 1 heterocycles.